The van der Waals surface area contributed by atoms with E-state index in [9.17, 15) is 22.4 Å². The highest BCUT2D eigenvalue weighted by Crippen LogP contribution is 2.27. The molecule has 0 spiro atoms. The number of halogens is 1. The molecule has 1 atom stereocenters. The highest BCUT2D eigenvalue weighted by Gasteiger charge is 2.33. The summed E-state index contributed by atoms with van der Waals surface area (Å²) in [5.41, 5.74) is 1.46. The van der Waals surface area contributed by atoms with Crippen LogP contribution in [-0.2, 0) is 26.2 Å². The zero-order valence-corrected chi connectivity index (χ0v) is 20.6. The Morgan fingerprint density at radius 3 is 2.17 bits per heavy atom. The highest BCUT2D eigenvalue weighted by atomic mass is 32.2. The molecule has 184 valence electrons. The molecule has 0 fully saturated rings. The summed E-state index contributed by atoms with van der Waals surface area (Å²) in [4.78, 5) is 27.3. The van der Waals surface area contributed by atoms with E-state index in [0.717, 1.165) is 21.5 Å². The van der Waals surface area contributed by atoms with Crippen LogP contribution in [0.1, 0.15) is 18.1 Å². The number of hydrogen-bond acceptors (Lipinski definition) is 4. The maximum atomic E-state index is 14.8. The summed E-state index contributed by atoms with van der Waals surface area (Å²) < 4.78 is 42.6. The minimum absolute atomic E-state index is 0.0800. The molecule has 0 bridgehead atoms. The Morgan fingerprint density at radius 2 is 1.54 bits per heavy atom. The predicted molar refractivity (Wildman–Crippen MR) is 133 cm³/mol. The summed E-state index contributed by atoms with van der Waals surface area (Å²) in [5, 5.41) is 2.53. The first-order valence-electron chi connectivity index (χ1n) is 11.0. The number of carbonyl (C=O) groups excluding carboxylic acids is 2. The van der Waals surface area contributed by atoms with E-state index in [1.54, 1.807) is 25.1 Å². The van der Waals surface area contributed by atoms with Gasteiger partial charge in [0.15, 0.2) is 0 Å². The van der Waals surface area contributed by atoms with Crippen molar-refractivity contribution in [2.24, 2.45) is 0 Å². The lowest BCUT2D eigenvalue weighted by atomic mass is 10.1. The molecule has 3 aromatic rings. The van der Waals surface area contributed by atoms with Crippen LogP contribution in [-0.4, -0.2) is 44.8 Å². The summed E-state index contributed by atoms with van der Waals surface area (Å²) in [5.74, 6) is -1.84. The lowest BCUT2D eigenvalue weighted by molar-refractivity contribution is -0.139. The monoisotopic (exact) mass is 497 g/mol. The Kier molecular flexibility index (Phi) is 8.24. The van der Waals surface area contributed by atoms with Gasteiger partial charge >= 0.3 is 0 Å². The van der Waals surface area contributed by atoms with E-state index in [-0.39, 0.29) is 17.1 Å². The van der Waals surface area contributed by atoms with Crippen molar-refractivity contribution in [3.63, 3.8) is 0 Å². The molecule has 9 heteroatoms. The van der Waals surface area contributed by atoms with Crippen LogP contribution in [0.4, 0.5) is 10.1 Å². The smallest absolute Gasteiger partial charge is 0.264 e. The largest absolute Gasteiger partial charge is 0.357 e. The second-order valence-corrected chi connectivity index (χ2v) is 9.88. The third-order valence-corrected chi connectivity index (χ3v) is 7.52. The zero-order valence-electron chi connectivity index (χ0n) is 19.8. The van der Waals surface area contributed by atoms with Gasteiger partial charge in [-0.1, -0.05) is 54.6 Å². The number of aryl methyl sites for hydroxylation is 1. The van der Waals surface area contributed by atoms with Gasteiger partial charge in [0.25, 0.3) is 10.0 Å². The van der Waals surface area contributed by atoms with Crippen LogP contribution < -0.4 is 9.62 Å². The third-order valence-electron chi connectivity index (χ3n) is 5.75. The molecule has 0 aliphatic carbocycles. The van der Waals surface area contributed by atoms with E-state index >= 15 is 0 Å². The van der Waals surface area contributed by atoms with Gasteiger partial charge in [-0.25, -0.2) is 12.8 Å². The van der Waals surface area contributed by atoms with E-state index in [4.69, 9.17) is 0 Å². The van der Waals surface area contributed by atoms with Gasteiger partial charge in [0, 0.05) is 13.6 Å². The molecule has 3 aromatic carbocycles. The number of benzene rings is 3. The molecule has 0 saturated heterocycles. The zero-order chi connectivity index (χ0) is 25.6. The molecule has 1 N–H and O–H groups in total. The number of para-hydroxylation sites is 1. The predicted octanol–water partition coefficient (Wildman–Crippen LogP) is 3.49. The Labute approximate surface area is 205 Å². The quantitative estimate of drug-likeness (QED) is 0.490. The van der Waals surface area contributed by atoms with Crippen molar-refractivity contribution in [3.8, 4) is 0 Å². The highest BCUT2D eigenvalue weighted by molar-refractivity contribution is 7.92. The molecule has 0 aromatic heterocycles. The van der Waals surface area contributed by atoms with E-state index < -0.39 is 40.2 Å². The van der Waals surface area contributed by atoms with Crippen molar-refractivity contribution in [2.45, 2.75) is 31.3 Å². The lowest BCUT2D eigenvalue weighted by Gasteiger charge is -2.32. The second kappa shape index (κ2) is 11.1. The van der Waals surface area contributed by atoms with Crippen LogP contribution >= 0.6 is 0 Å². The van der Waals surface area contributed by atoms with Gasteiger partial charge in [0.2, 0.25) is 11.8 Å². The van der Waals surface area contributed by atoms with Crippen LogP contribution in [0.15, 0.2) is 83.8 Å². The van der Waals surface area contributed by atoms with Crippen molar-refractivity contribution in [1.29, 1.82) is 0 Å². The number of nitrogens with one attached hydrogen (secondary N) is 1. The fraction of sp³-hybridized carbons (Fsp3) is 0.231. The minimum Gasteiger partial charge on any atom is -0.357 e. The standard InChI is InChI=1S/C26H28FN3O4S/c1-19-11-7-8-12-21(19)17-29(20(2)26(32)28-3)25(31)18-30(24-16-10-9-15-23(24)27)35(33,34)22-13-5-4-6-14-22/h4-16,20H,17-18H2,1-3H3,(H,28,32)/t20-/m0/s1. The van der Waals surface area contributed by atoms with Crippen LogP contribution in [0.2, 0.25) is 0 Å². The number of sulfonamides is 1. The topological polar surface area (TPSA) is 86.8 Å². The van der Waals surface area contributed by atoms with Crippen molar-refractivity contribution in [1.82, 2.24) is 10.2 Å². The molecule has 0 unspecified atom stereocenters. The van der Waals surface area contributed by atoms with Crippen molar-refractivity contribution < 1.29 is 22.4 Å². The molecule has 0 aliphatic rings. The Bertz CT molecular complexity index is 1300. The van der Waals surface area contributed by atoms with E-state index in [1.807, 2.05) is 31.2 Å². The van der Waals surface area contributed by atoms with E-state index in [2.05, 4.69) is 5.32 Å². The first kappa shape index (κ1) is 25.9. The lowest BCUT2D eigenvalue weighted by Crippen LogP contribution is -2.51. The Morgan fingerprint density at radius 1 is 0.943 bits per heavy atom. The van der Waals surface area contributed by atoms with E-state index in [0.29, 0.717) is 0 Å². The fourth-order valence-corrected chi connectivity index (χ4v) is 5.09. The Balaban J connectivity index is 2.05. The first-order valence-corrected chi connectivity index (χ1v) is 12.5. The molecular formula is C26H28FN3O4S. The van der Waals surface area contributed by atoms with E-state index in [1.165, 1.54) is 42.3 Å². The average molecular weight is 498 g/mol. The molecule has 0 saturated carbocycles. The van der Waals surface area contributed by atoms with Crippen molar-refractivity contribution >= 4 is 27.5 Å². The maximum Gasteiger partial charge on any atom is 0.264 e. The van der Waals surface area contributed by atoms with Crippen LogP contribution in [0.3, 0.4) is 0 Å². The number of hydrogen-bond donors (Lipinski definition) is 1. The Hall–Kier alpha value is -3.72. The van der Waals surface area contributed by atoms with Gasteiger partial charge in [-0.3, -0.25) is 13.9 Å². The van der Waals surface area contributed by atoms with Gasteiger partial charge in [0.05, 0.1) is 10.6 Å². The molecule has 2 amide bonds. The fourth-order valence-electron chi connectivity index (χ4n) is 3.65. The third kappa shape index (κ3) is 5.86. The van der Waals surface area contributed by atoms with Crippen molar-refractivity contribution in [2.75, 3.05) is 17.9 Å². The number of likely N-dealkylation sites (N-methyl/N-ethyl adjacent to an activating group) is 1. The SMILES string of the molecule is CNC(=O)[C@H](C)N(Cc1ccccc1C)C(=O)CN(c1ccccc1F)S(=O)(=O)c1ccccc1. The van der Waals surface area contributed by atoms with Crippen LogP contribution in [0.25, 0.3) is 0 Å². The van der Waals surface area contributed by atoms with Gasteiger partial charge < -0.3 is 10.2 Å². The summed E-state index contributed by atoms with van der Waals surface area (Å²) in [6.45, 7) is 2.84. The van der Waals surface area contributed by atoms with Crippen molar-refractivity contribution in [3.05, 3.63) is 95.8 Å². The molecule has 0 aliphatic heterocycles. The van der Waals surface area contributed by atoms with Gasteiger partial charge in [0.1, 0.15) is 18.4 Å². The summed E-state index contributed by atoms with van der Waals surface area (Å²) in [6.07, 6.45) is 0. The normalized spacial score (nSPS) is 12.0. The van der Waals surface area contributed by atoms with Gasteiger partial charge in [-0.05, 0) is 49.2 Å². The number of carbonyl (C=O) groups is 2. The van der Waals surface area contributed by atoms with Crippen LogP contribution in [0, 0.1) is 12.7 Å². The maximum absolute atomic E-state index is 14.8. The first-order chi connectivity index (χ1) is 16.7. The number of rotatable bonds is 9. The molecule has 7 nitrogen and oxygen atoms in total. The molecule has 0 heterocycles. The number of amides is 2. The molecule has 35 heavy (non-hydrogen) atoms. The summed E-state index contributed by atoms with van der Waals surface area (Å²) in [7, 11) is -2.83. The molecule has 0 radical (unpaired) electrons. The van der Waals surface area contributed by atoms with Crippen LogP contribution in [0.5, 0.6) is 0 Å². The number of nitrogens with zero attached hydrogens (tertiary/aromatic N) is 2. The minimum atomic E-state index is -4.29. The number of anilines is 1. The summed E-state index contributed by atoms with van der Waals surface area (Å²) >= 11 is 0. The molecular weight excluding hydrogens is 469 g/mol. The second-order valence-electron chi connectivity index (χ2n) is 8.01. The summed E-state index contributed by atoms with van der Waals surface area (Å²) in [6, 6.07) is 19.4. The van der Waals surface area contributed by atoms with Gasteiger partial charge in [-0.2, -0.15) is 0 Å². The molecule has 3 rings (SSSR count). The average Bonchev–Trinajstić information content (AvgIpc) is 2.86. The van der Waals surface area contributed by atoms with Gasteiger partial charge in [-0.15, -0.1) is 0 Å².